The first-order valence-corrected chi connectivity index (χ1v) is 13.2. The normalized spacial score (nSPS) is 20.6. The summed E-state index contributed by atoms with van der Waals surface area (Å²) in [6, 6.07) is 4.52. The molecule has 4 rings (SSSR count). The third kappa shape index (κ3) is 5.64. The smallest absolute Gasteiger partial charge is 0.122 e. The Labute approximate surface area is 202 Å². The van der Waals surface area contributed by atoms with Gasteiger partial charge in [0.15, 0.2) is 0 Å². The van der Waals surface area contributed by atoms with Crippen molar-refractivity contribution in [2.24, 2.45) is 17.8 Å². The second kappa shape index (κ2) is 11.3. The van der Waals surface area contributed by atoms with Gasteiger partial charge in [0.1, 0.15) is 5.75 Å². The van der Waals surface area contributed by atoms with E-state index in [1.54, 1.807) is 12.7 Å². The number of rotatable bonds is 7. The molecule has 0 saturated heterocycles. The van der Waals surface area contributed by atoms with Crippen LogP contribution in [-0.4, -0.2) is 7.11 Å². The first kappa shape index (κ1) is 23.9. The van der Waals surface area contributed by atoms with Crippen LogP contribution in [-0.2, 0) is 0 Å². The Bertz CT molecular complexity index is 970. The number of ether oxygens (including phenoxy) is 1. The predicted octanol–water partition coefficient (Wildman–Crippen LogP) is 9.07. The Kier molecular flexibility index (Phi) is 8.15. The van der Waals surface area contributed by atoms with Crippen LogP contribution in [0, 0.1) is 31.6 Å². The average molecular weight is 443 g/mol. The molecule has 1 aromatic carbocycles. The molecule has 0 N–H and O–H groups in total. The van der Waals surface area contributed by atoms with Crippen LogP contribution in [0.25, 0.3) is 5.57 Å². The highest BCUT2D eigenvalue weighted by Crippen LogP contribution is 2.43. The summed E-state index contributed by atoms with van der Waals surface area (Å²) in [6.45, 7) is 8.49. The minimum absolute atomic E-state index is 0.462. The summed E-state index contributed by atoms with van der Waals surface area (Å²) in [5.41, 5.74) is 11.5. The maximum atomic E-state index is 5.71. The number of methoxy groups -OCH3 is 1. The van der Waals surface area contributed by atoms with Gasteiger partial charge in [-0.25, -0.2) is 0 Å². The largest absolute Gasteiger partial charge is 0.496 e. The molecular formula is C32H42O. The van der Waals surface area contributed by atoms with Crippen molar-refractivity contribution in [2.75, 3.05) is 7.11 Å². The highest BCUT2D eigenvalue weighted by atomic mass is 16.5. The third-order valence-electron chi connectivity index (χ3n) is 8.44. The first-order valence-electron chi connectivity index (χ1n) is 13.2. The molecule has 176 valence electrons. The topological polar surface area (TPSA) is 9.23 Å². The first-order chi connectivity index (χ1) is 16.1. The van der Waals surface area contributed by atoms with E-state index in [0.29, 0.717) is 11.8 Å². The molecule has 2 fully saturated rings. The second-order valence-electron chi connectivity index (χ2n) is 10.5. The van der Waals surface area contributed by atoms with Gasteiger partial charge in [0.25, 0.3) is 0 Å². The summed E-state index contributed by atoms with van der Waals surface area (Å²) in [5, 5.41) is 0. The molecule has 2 saturated carbocycles. The lowest BCUT2D eigenvalue weighted by Crippen LogP contribution is -2.15. The Morgan fingerprint density at radius 2 is 1.73 bits per heavy atom. The van der Waals surface area contributed by atoms with Crippen molar-refractivity contribution in [1.29, 1.82) is 0 Å². The van der Waals surface area contributed by atoms with Crippen molar-refractivity contribution in [3.8, 4) is 5.75 Å². The SMILES string of the molecule is C=C=C(c1cc(C)c(C)c(OC)c1)C(CC1=CCC=C(C2CCCCC2)C=C1)C1CCCC1. The van der Waals surface area contributed by atoms with Crippen molar-refractivity contribution >= 4 is 5.57 Å². The molecule has 0 spiro atoms. The molecule has 1 nitrogen and oxygen atoms in total. The Morgan fingerprint density at radius 3 is 2.42 bits per heavy atom. The fourth-order valence-corrected chi connectivity index (χ4v) is 6.34. The molecule has 0 aliphatic heterocycles. The second-order valence-corrected chi connectivity index (χ2v) is 10.5. The van der Waals surface area contributed by atoms with E-state index in [4.69, 9.17) is 4.74 Å². The van der Waals surface area contributed by atoms with Crippen LogP contribution >= 0.6 is 0 Å². The van der Waals surface area contributed by atoms with E-state index in [-0.39, 0.29) is 0 Å². The molecule has 1 aromatic rings. The quantitative estimate of drug-likeness (QED) is 0.383. The Morgan fingerprint density at radius 1 is 1.00 bits per heavy atom. The fraction of sp³-hybridized carbons (Fsp3) is 0.531. The molecule has 1 heteroatoms. The monoisotopic (exact) mass is 442 g/mol. The van der Waals surface area contributed by atoms with Gasteiger partial charge >= 0.3 is 0 Å². The Hall–Kier alpha value is -2.24. The average Bonchev–Trinajstić information content (AvgIpc) is 3.27. The fourth-order valence-electron chi connectivity index (χ4n) is 6.34. The van der Waals surface area contributed by atoms with Gasteiger partial charge < -0.3 is 4.74 Å². The van der Waals surface area contributed by atoms with Gasteiger partial charge in [-0.1, -0.05) is 74.6 Å². The molecule has 0 aromatic heterocycles. The van der Waals surface area contributed by atoms with E-state index in [0.717, 1.165) is 24.5 Å². The molecule has 0 heterocycles. The van der Waals surface area contributed by atoms with Crippen LogP contribution in [0.15, 0.2) is 59.9 Å². The van der Waals surface area contributed by atoms with Crippen LogP contribution < -0.4 is 4.74 Å². The summed E-state index contributed by atoms with van der Waals surface area (Å²) in [5.74, 6) is 2.92. The van der Waals surface area contributed by atoms with Crippen LogP contribution in [0.3, 0.4) is 0 Å². The van der Waals surface area contributed by atoms with E-state index < -0.39 is 0 Å². The zero-order valence-corrected chi connectivity index (χ0v) is 21.1. The van der Waals surface area contributed by atoms with Crippen LogP contribution in [0.4, 0.5) is 0 Å². The molecule has 0 bridgehead atoms. The molecule has 1 atom stereocenters. The van der Waals surface area contributed by atoms with Gasteiger partial charge in [-0.05, 0) is 98.5 Å². The standard InChI is InChI=1S/C32H42O/c1-5-30(29-20-23(2)24(3)32(22-29)33-4)31(28-15-9-10-16-28)21-25-12-11-17-27(19-18-25)26-13-7-6-8-14-26/h12,17-20,22,26,28,31H,1,6-11,13-16,21H2,2-4H3. The molecule has 3 aliphatic carbocycles. The summed E-state index contributed by atoms with van der Waals surface area (Å²) in [6.07, 6.45) is 24.3. The van der Waals surface area contributed by atoms with Crippen LogP contribution in [0.5, 0.6) is 5.75 Å². The van der Waals surface area contributed by atoms with E-state index in [1.807, 2.05) is 0 Å². The maximum Gasteiger partial charge on any atom is 0.122 e. The number of aryl methyl sites for hydroxylation is 1. The van der Waals surface area contributed by atoms with Gasteiger partial charge in [0.2, 0.25) is 0 Å². The van der Waals surface area contributed by atoms with E-state index in [2.05, 4.69) is 62.6 Å². The molecule has 33 heavy (non-hydrogen) atoms. The molecule has 0 radical (unpaired) electrons. The van der Waals surface area contributed by atoms with Crippen LogP contribution in [0.1, 0.15) is 87.3 Å². The number of benzene rings is 1. The van der Waals surface area contributed by atoms with Crippen molar-refractivity contribution in [3.63, 3.8) is 0 Å². The lowest BCUT2D eigenvalue weighted by Gasteiger charge is -2.27. The number of hydrogen-bond acceptors (Lipinski definition) is 1. The van der Waals surface area contributed by atoms with Crippen molar-refractivity contribution in [1.82, 2.24) is 0 Å². The maximum absolute atomic E-state index is 5.71. The number of hydrogen-bond donors (Lipinski definition) is 0. The van der Waals surface area contributed by atoms with Gasteiger partial charge in [0.05, 0.1) is 7.11 Å². The minimum atomic E-state index is 0.462. The molecule has 3 aliphatic rings. The van der Waals surface area contributed by atoms with Gasteiger partial charge in [0, 0.05) is 5.57 Å². The summed E-state index contributed by atoms with van der Waals surface area (Å²) in [7, 11) is 1.77. The summed E-state index contributed by atoms with van der Waals surface area (Å²) < 4.78 is 5.71. The highest BCUT2D eigenvalue weighted by Gasteiger charge is 2.30. The number of allylic oxidation sites excluding steroid dienone is 7. The minimum Gasteiger partial charge on any atom is -0.496 e. The Balaban J connectivity index is 1.59. The molecule has 0 amide bonds. The van der Waals surface area contributed by atoms with Crippen LogP contribution in [0.2, 0.25) is 0 Å². The highest BCUT2D eigenvalue weighted by molar-refractivity contribution is 5.70. The lowest BCUT2D eigenvalue weighted by atomic mass is 9.77. The summed E-state index contributed by atoms with van der Waals surface area (Å²) in [4.78, 5) is 0. The van der Waals surface area contributed by atoms with E-state index >= 15 is 0 Å². The molecule has 1 unspecified atom stereocenters. The van der Waals surface area contributed by atoms with Gasteiger partial charge in [-0.3, -0.25) is 0 Å². The van der Waals surface area contributed by atoms with Gasteiger partial charge in [-0.15, -0.1) is 5.73 Å². The third-order valence-corrected chi connectivity index (χ3v) is 8.44. The van der Waals surface area contributed by atoms with Gasteiger partial charge in [-0.2, -0.15) is 0 Å². The van der Waals surface area contributed by atoms with Crippen molar-refractivity contribution in [3.05, 3.63) is 76.6 Å². The summed E-state index contributed by atoms with van der Waals surface area (Å²) >= 11 is 0. The lowest BCUT2D eigenvalue weighted by molar-refractivity contribution is 0.407. The predicted molar refractivity (Wildman–Crippen MR) is 142 cm³/mol. The van der Waals surface area contributed by atoms with E-state index in [9.17, 15) is 0 Å². The zero-order chi connectivity index (χ0) is 23.2. The zero-order valence-electron chi connectivity index (χ0n) is 21.1. The van der Waals surface area contributed by atoms with E-state index in [1.165, 1.54) is 85.6 Å². The van der Waals surface area contributed by atoms with Crippen molar-refractivity contribution in [2.45, 2.75) is 84.5 Å². The van der Waals surface area contributed by atoms with Crippen molar-refractivity contribution < 1.29 is 4.74 Å². The molecular weight excluding hydrogens is 400 g/mol.